The van der Waals surface area contributed by atoms with E-state index in [0.29, 0.717) is 18.9 Å². The number of fused-ring (bicyclic) bond motifs is 1. The molecule has 0 saturated heterocycles. The van der Waals surface area contributed by atoms with E-state index in [4.69, 9.17) is 0 Å². The average molecular weight is 501 g/mol. The quantitative estimate of drug-likeness (QED) is 0.381. The molecule has 1 heterocycles. The predicted molar refractivity (Wildman–Crippen MR) is 152 cm³/mol. The number of benzene rings is 2. The minimum absolute atomic E-state index is 0.000407. The van der Waals surface area contributed by atoms with E-state index in [1.54, 1.807) is 0 Å². The van der Waals surface area contributed by atoms with Crippen LogP contribution in [-0.4, -0.2) is 35.0 Å². The van der Waals surface area contributed by atoms with Crippen LogP contribution in [0.1, 0.15) is 101 Å². The molecule has 2 aliphatic carbocycles. The second kappa shape index (κ2) is 10.1. The summed E-state index contributed by atoms with van der Waals surface area (Å²) < 4.78 is 0. The van der Waals surface area contributed by atoms with Gasteiger partial charge in [0.05, 0.1) is 6.17 Å². The van der Waals surface area contributed by atoms with Gasteiger partial charge >= 0.3 is 0 Å². The summed E-state index contributed by atoms with van der Waals surface area (Å²) in [4.78, 5) is 15.2. The Hall–Kier alpha value is -2.27. The highest BCUT2D eigenvalue weighted by molar-refractivity contribution is 5.91. The van der Waals surface area contributed by atoms with Crippen molar-refractivity contribution in [1.29, 1.82) is 0 Å². The maximum Gasteiger partial charge on any atom is 0.167 e. The van der Waals surface area contributed by atoms with Gasteiger partial charge in [0.25, 0.3) is 0 Å². The fraction of sp³-hybridized carbons (Fsp3) is 0.545. The first-order valence-electron chi connectivity index (χ1n) is 14.3. The molecule has 3 aliphatic rings. The molecule has 0 radical (unpaired) electrons. The molecule has 2 N–H and O–H groups in total. The lowest BCUT2D eigenvalue weighted by atomic mass is 9.73. The van der Waals surface area contributed by atoms with E-state index in [0.717, 1.165) is 45.1 Å². The SMILES string of the molecule is C=C(c1ccc(-c2cccc3c2C(C)N(C)C3NCCC)cc1)C1(C)CCCC(C(=O)C2(O)CC2)CC1. The summed E-state index contributed by atoms with van der Waals surface area (Å²) in [6, 6.07) is 16.1. The van der Waals surface area contributed by atoms with Gasteiger partial charge in [-0.3, -0.25) is 15.0 Å². The average Bonchev–Trinajstić information content (AvgIpc) is 3.66. The maximum absolute atomic E-state index is 12.8. The second-order valence-corrected chi connectivity index (χ2v) is 12.1. The topological polar surface area (TPSA) is 52.6 Å². The molecule has 4 unspecified atom stereocenters. The van der Waals surface area contributed by atoms with Gasteiger partial charge in [-0.2, -0.15) is 0 Å². The van der Waals surface area contributed by atoms with Gasteiger partial charge in [0.2, 0.25) is 0 Å². The lowest BCUT2D eigenvalue weighted by molar-refractivity contribution is -0.133. The molecule has 4 heteroatoms. The van der Waals surface area contributed by atoms with E-state index in [9.17, 15) is 9.90 Å². The first-order valence-corrected chi connectivity index (χ1v) is 14.3. The molecule has 37 heavy (non-hydrogen) atoms. The van der Waals surface area contributed by atoms with E-state index >= 15 is 0 Å². The van der Waals surface area contributed by atoms with E-state index in [1.807, 2.05) is 0 Å². The Morgan fingerprint density at radius 1 is 1.11 bits per heavy atom. The van der Waals surface area contributed by atoms with E-state index in [2.05, 4.69) is 87.1 Å². The van der Waals surface area contributed by atoms with Gasteiger partial charge in [0, 0.05) is 12.0 Å². The Morgan fingerprint density at radius 2 is 1.84 bits per heavy atom. The minimum Gasteiger partial charge on any atom is -0.382 e. The molecule has 2 aromatic carbocycles. The van der Waals surface area contributed by atoms with Gasteiger partial charge in [0.15, 0.2) is 5.78 Å². The largest absolute Gasteiger partial charge is 0.382 e. The lowest BCUT2D eigenvalue weighted by Crippen LogP contribution is -2.32. The summed E-state index contributed by atoms with van der Waals surface area (Å²) in [6.07, 6.45) is 7.41. The normalized spacial score (nSPS) is 28.9. The zero-order valence-corrected chi connectivity index (χ0v) is 23.1. The Labute approximate surface area is 223 Å². The molecule has 198 valence electrons. The molecule has 2 fully saturated rings. The van der Waals surface area contributed by atoms with Crippen LogP contribution in [-0.2, 0) is 4.79 Å². The molecule has 4 atom stereocenters. The number of hydrogen-bond donors (Lipinski definition) is 2. The van der Waals surface area contributed by atoms with Gasteiger partial charge in [-0.1, -0.05) is 69.3 Å². The van der Waals surface area contributed by atoms with Crippen molar-refractivity contribution in [3.05, 3.63) is 65.7 Å². The van der Waals surface area contributed by atoms with Crippen molar-refractivity contribution >= 4 is 11.4 Å². The number of allylic oxidation sites excluding steroid dienone is 1. The second-order valence-electron chi connectivity index (χ2n) is 12.1. The number of hydrogen-bond acceptors (Lipinski definition) is 4. The Balaban J connectivity index is 1.34. The Bertz CT molecular complexity index is 1170. The van der Waals surface area contributed by atoms with E-state index in [-0.39, 0.29) is 23.3 Å². The van der Waals surface area contributed by atoms with Crippen LogP contribution in [0.25, 0.3) is 16.7 Å². The molecule has 0 amide bonds. The third-order valence-electron chi connectivity index (χ3n) is 9.61. The van der Waals surface area contributed by atoms with Gasteiger partial charge in [-0.05, 0) is 104 Å². The summed E-state index contributed by atoms with van der Waals surface area (Å²) in [5.41, 5.74) is 6.72. The molecule has 0 aromatic heterocycles. The summed E-state index contributed by atoms with van der Waals surface area (Å²) in [6.45, 7) is 12.4. The fourth-order valence-corrected chi connectivity index (χ4v) is 6.73. The van der Waals surface area contributed by atoms with Crippen LogP contribution in [0.3, 0.4) is 0 Å². The maximum atomic E-state index is 12.8. The van der Waals surface area contributed by atoms with Crippen molar-refractivity contribution in [3.63, 3.8) is 0 Å². The summed E-state index contributed by atoms with van der Waals surface area (Å²) >= 11 is 0. The molecule has 4 nitrogen and oxygen atoms in total. The van der Waals surface area contributed by atoms with Crippen molar-refractivity contribution < 1.29 is 9.90 Å². The Kier molecular flexibility index (Phi) is 7.21. The predicted octanol–water partition coefficient (Wildman–Crippen LogP) is 7.05. The van der Waals surface area contributed by atoms with E-state index < -0.39 is 5.60 Å². The standard InChI is InChI=1S/C33H44N2O2/c1-6-21-34-31-28-11-7-10-27(29(28)23(3)35(31)5)25-14-12-24(13-15-25)22(2)32(4)17-8-9-26(16-18-32)30(36)33(37)19-20-33/h7,10-15,23,26,31,34,37H,2,6,8-9,16-21H2,1,3-5H3. The molecular formula is C33H44N2O2. The lowest BCUT2D eigenvalue weighted by Gasteiger charge is -2.31. The van der Waals surface area contributed by atoms with Crippen molar-refractivity contribution in [3.8, 4) is 11.1 Å². The first-order chi connectivity index (χ1) is 17.7. The van der Waals surface area contributed by atoms with Gasteiger partial charge in [-0.25, -0.2) is 0 Å². The number of nitrogens with one attached hydrogen (secondary N) is 1. The number of carbonyl (C=O) groups excluding carboxylic acids is 1. The van der Waals surface area contributed by atoms with Crippen LogP contribution in [0.4, 0.5) is 0 Å². The van der Waals surface area contributed by atoms with Crippen LogP contribution in [0, 0.1) is 11.3 Å². The molecule has 5 rings (SSSR count). The van der Waals surface area contributed by atoms with Gasteiger partial charge in [-0.15, -0.1) is 0 Å². The highest BCUT2D eigenvalue weighted by Gasteiger charge is 2.50. The number of ketones is 1. The van der Waals surface area contributed by atoms with E-state index in [1.165, 1.54) is 33.4 Å². The fourth-order valence-electron chi connectivity index (χ4n) is 6.73. The van der Waals surface area contributed by atoms with Crippen LogP contribution >= 0.6 is 0 Å². The molecule has 0 spiro atoms. The number of Topliss-reactive ketones (excluding diaryl/α,β-unsaturated/α-hetero) is 1. The van der Waals surface area contributed by atoms with Crippen molar-refractivity contribution in [2.45, 2.75) is 89.9 Å². The smallest absolute Gasteiger partial charge is 0.167 e. The van der Waals surface area contributed by atoms with Crippen molar-refractivity contribution in [2.75, 3.05) is 13.6 Å². The molecule has 2 saturated carbocycles. The third-order valence-corrected chi connectivity index (χ3v) is 9.61. The number of rotatable bonds is 8. The van der Waals surface area contributed by atoms with Crippen LogP contribution < -0.4 is 5.32 Å². The monoisotopic (exact) mass is 500 g/mol. The highest BCUT2D eigenvalue weighted by atomic mass is 16.3. The number of carbonyl (C=O) groups is 1. The van der Waals surface area contributed by atoms with Crippen molar-refractivity contribution in [1.82, 2.24) is 10.2 Å². The number of aliphatic hydroxyl groups is 1. The zero-order chi connectivity index (χ0) is 26.4. The van der Waals surface area contributed by atoms with Crippen LogP contribution in [0.5, 0.6) is 0 Å². The van der Waals surface area contributed by atoms with Gasteiger partial charge in [0.1, 0.15) is 5.60 Å². The summed E-state index contributed by atoms with van der Waals surface area (Å²) in [5.74, 6) is 0.0922. The zero-order valence-electron chi connectivity index (χ0n) is 23.1. The highest BCUT2D eigenvalue weighted by Crippen LogP contribution is 2.49. The summed E-state index contributed by atoms with van der Waals surface area (Å²) in [5, 5.41) is 14.1. The molecule has 0 bridgehead atoms. The molecule has 2 aromatic rings. The van der Waals surface area contributed by atoms with Crippen LogP contribution in [0.2, 0.25) is 0 Å². The summed E-state index contributed by atoms with van der Waals surface area (Å²) in [7, 11) is 2.21. The molecular weight excluding hydrogens is 456 g/mol. The Morgan fingerprint density at radius 3 is 2.51 bits per heavy atom. The molecule has 1 aliphatic heterocycles. The van der Waals surface area contributed by atoms with Crippen molar-refractivity contribution in [2.24, 2.45) is 11.3 Å². The van der Waals surface area contributed by atoms with Gasteiger partial charge < -0.3 is 5.11 Å². The first kappa shape index (κ1) is 26.3. The minimum atomic E-state index is -1.01. The third kappa shape index (κ3) is 4.84. The van der Waals surface area contributed by atoms with Crippen LogP contribution in [0.15, 0.2) is 49.0 Å². The number of nitrogens with zero attached hydrogens (tertiary/aromatic N) is 1.